The maximum Gasteiger partial charge on any atom is 0.128 e. The molecule has 0 amide bonds. The van der Waals surface area contributed by atoms with Crippen LogP contribution in [-0.4, -0.2) is 50.2 Å². The first kappa shape index (κ1) is 22.9. The van der Waals surface area contributed by atoms with Gasteiger partial charge in [-0.1, -0.05) is 60.7 Å². The minimum absolute atomic E-state index is 0. The van der Waals surface area contributed by atoms with Crippen LogP contribution in [0.3, 0.4) is 0 Å². The predicted molar refractivity (Wildman–Crippen MR) is 94.2 cm³/mol. The van der Waals surface area contributed by atoms with Crippen molar-refractivity contribution in [3.05, 3.63) is 71.8 Å². The van der Waals surface area contributed by atoms with Crippen molar-refractivity contribution in [2.45, 2.75) is 13.1 Å². The standard InChI is InChI=1S/C20H30N2.2ClH/c1-21(2,17-19-11-7-5-8-12-19)15-16-22(3,4)18-20-13-9-6-10-14-20;;/h5-14H,15-18H2,1-4H3;2*1H/q+2;;/p-2. The molecule has 0 radical (unpaired) electrons. The molecule has 134 valence electrons. The van der Waals surface area contributed by atoms with Crippen LogP contribution in [0.15, 0.2) is 60.7 Å². The van der Waals surface area contributed by atoms with E-state index in [2.05, 4.69) is 88.9 Å². The zero-order valence-corrected chi connectivity index (χ0v) is 16.8. The Balaban J connectivity index is 0.00000264. The number of nitrogens with zero attached hydrogens (tertiary/aromatic N) is 2. The molecule has 0 N–H and O–H groups in total. The van der Waals surface area contributed by atoms with Crippen molar-refractivity contribution >= 4 is 0 Å². The maximum atomic E-state index is 2.33. The predicted octanol–water partition coefficient (Wildman–Crippen LogP) is -2.45. The smallest absolute Gasteiger partial charge is 0.128 e. The summed E-state index contributed by atoms with van der Waals surface area (Å²) in [4.78, 5) is 0. The first-order chi connectivity index (χ1) is 10.4. The average Bonchev–Trinajstić information content (AvgIpc) is 2.47. The first-order valence-electron chi connectivity index (χ1n) is 8.08. The summed E-state index contributed by atoms with van der Waals surface area (Å²) in [6.45, 7) is 4.53. The van der Waals surface area contributed by atoms with Gasteiger partial charge in [-0.05, 0) is 0 Å². The van der Waals surface area contributed by atoms with Gasteiger partial charge in [-0.3, -0.25) is 0 Å². The van der Waals surface area contributed by atoms with Gasteiger partial charge in [0.25, 0.3) is 0 Å². The summed E-state index contributed by atoms with van der Waals surface area (Å²) in [6, 6.07) is 21.6. The molecule has 0 spiro atoms. The number of rotatable bonds is 7. The van der Waals surface area contributed by atoms with E-state index in [9.17, 15) is 0 Å². The highest BCUT2D eigenvalue weighted by Gasteiger charge is 2.23. The summed E-state index contributed by atoms with van der Waals surface area (Å²) in [5.74, 6) is 0. The summed E-state index contributed by atoms with van der Waals surface area (Å²) in [5.41, 5.74) is 2.83. The second-order valence-corrected chi connectivity index (χ2v) is 7.61. The summed E-state index contributed by atoms with van der Waals surface area (Å²) in [6.07, 6.45) is 0. The molecule has 0 bridgehead atoms. The van der Waals surface area contributed by atoms with Crippen molar-refractivity contribution in [1.82, 2.24) is 0 Å². The lowest BCUT2D eigenvalue weighted by Crippen LogP contribution is -3.00. The third-order valence-corrected chi connectivity index (χ3v) is 4.22. The van der Waals surface area contributed by atoms with Crippen LogP contribution >= 0.6 is 0 Å². The Morgan fingerprint density at radius 1 is 0.542 bits per heavy atom. The number of hydrogen-bond donors (Lipinski definition) is 0. The molecule has 0 aliphatic carbocycles. The van der Waals surface area contributed by atoms with Crippen molar-refractivity contribution in [3.8, 4) is 0 Å². The molecule has 0 aliphatic heterocycles. The lowest BCUT2D eigenvalue weighted by Gasteiger charge is -2.35. The Morgan fingerprint density at radius 2 is 0.833 bits per heavy atom. The Morgan fingerprint density at radius 3 is 1.12 bits per heavy atom. The van der Waals surface area contributed by atoms with Crippen LogP contribution < -0.4 is 24.8 Å². The van der Waals surface area contributed by atoms with E-state index >= 15 is 0 Å². The fourth-order valence-corrected chi connectivity index (χ4v) is 2.85. The Hall–Kier alpha value is -1.06. The second-order valence-electron chi connectivity index (χ2n) is 7.61. The Kier molecular flexibility index (Phi) is 9.61. The zero-order valence-electron chi connectivity index (χ0n) is 15.3. The number of halogens is 2. The number of benzene rings is 2. The van der Waals surface area contributed by atoms with E-state index in [0.717, 1.165) is 22.1 Å². The molecule has 0 saturated carbocycles. The van der Waals surface area contributed by atoms with Crippen LogP contribution in [0.5, 0.6) is 0 Å². The minimum Gasteiger partial charge on any atom is -1.00 e. The summed E-state index contributed by atoms with van der Waals surface area (Å²) < 4.78 is 2.06. The number of quaternary nitrogens is 2. The number of hydrogen-bond acceptors (Lipinski definition) is 0. The highest BCUT2D eigenvalue weighted by atomic mass is 35.5. The molecule has 2 aromatic rings. The molecule has 0 fully saturated rings. The molecule has 2 aromatic carbocycles. The van der Waals surface area contributed by atoms with E-state index in [0.29, 0.717) is 0 Å². The van der Waals surface area contributed by atoms with Crippen molar-refractivity contribution in [2.24, 2.45) is 0 Å². The van der Waals surface area contributed by atoms with Crippen LogP contribution in [0.4, 0.5) is 0 Å². The minimum atomic E-state index is 0. The molecule has 2 rings (SSSR count). The lowest BCUT2D eigenvalue weighted by atomic mass is 10.2. The van der Waals surface area contributed by atoms with E-state index in [4.69, 9.17) is 0 Å². The molecule has 4 heteroatoms. The summed E-state index contributed by atoms with van der Waals surface area (Å²) in [5, 5.41) is 0. The van der Waals surface area contributed by atoms with Crippen LogP contribution in [0.25, 0.3) is 0 Å². The third-order valence-electron chi connectivity index (χ3n) is 4.22. The molecule has 24 heavy (non-hydrogen) atoms. The highest BCUT2D eigenvalue weighted by molar-refractivity contribution is 5.14. The topological polar surface area (TPSA) is 0 Å². The average molecular weight is 369 g/mol. The van der Waals surface area contributed by atoms with Gasteiger partial charge in [-0.25, -0.2) is 0 Å². The summed E-state index contributed by atoms with van der Waals surface area (Å²) >= 11 is 0. The van der Waals surface area contributed by atoms with Gasteiger partial charge in [-0.2, -0.15) is 0 Å². The molecule has 0 heterocycles. The number of likely N-dealkylation sites (N-methyl/N-ethyl adjacent to an activating group) is 2. The first-order valence-corrected chi connectivity index (χ1v) is 8.08. The molecular weight excluding hydrogens is 339 g/mol. The zero-order chi connectivity index (χ0) is 16.1. The van der Waals surface area contributed by atoms with Gasteiger partial charge in [0.2, 0.25) is 0 Å². The summed E-state index contributed by atoms with van der Waals surface area (Å²) in [7, 11) is 9.32. The molecule has 2 nitrogen and oxygen atoms in total. The Bertz CT molecular complexity index is 515. The molecule has 0 saturated heterocycles. The van der Waals surface area contributed by atoms with E-state index in [1.165, 1.54) is 24.2 Å². The third kappa shape index (κ3) is 8.16. The van der Waals surface area contributed by atoms with Crippen molar-refractivity contribution in [2.75, 3.05) is 41.3 Å². The van der Waals surface area contributed by atoms with Gasteiger partial charge in [0, 0.05) is 11.1 Å². The van der Waals surface area contributed by atoms with E-state index in [-0.39, 0.29) is 24.8 Å². The van der Waals surface area contributed by atoms with Gasteiger partial charge >= 0.3 is 0 Å². The van der Waals surface area contributed by atoms with E-state index < -0.39 is 0 Å². The molecule has 0 aromatic heterocycles. The van der Waals surface area contributed by atoms with Crippen LogP contribution in [0.2, 0.25) is 0 Å². The Labute approximate surface area is 160 Å². The van der Waals surface area contributed by atoms with Gasteiger partial charge in [0.15, 0.2) is 0 Å². The fraction of sp³-hybridized carbons (Fsp3) is 0.400. The van der Waals surface area contributed by atoms with Crippen LogP contribution in [-0.2, 0) is 13.1 Å². The molecule has 0 aliphatic rings. The van der Waals surface area contributed by atoms with Crippen LogP contribution in [0, 0.1) is 0 Å². The van der Waals surface area contributed by atoms with Gasteiger partial charge in [0.1, 0.15) is 26.2 Å². The van der Waals surface area contributed by atoms with Gasteiger partial charge < -0.3 is 33.8 Å². The van der Waals surface area contributed by atoms with Crippen LogP contribution in [0.1, 0.15) is 11.1 Å². The normalized spacial score (nSPS) is 11.3. The molecule has 0 unspecified atom stereocenters. The van der Waals surface area contributed by atoms with E-state index in [1.807, 2.05) is 0 Å². The highest BCUT2D eigenvalue weighted by Crippen LogP contribution is 2.13. The molecule has 0 atom stereocenters. The van der Waals surface area contributed by atoms with Crippen molar-refractivity contribution < 1.29 is 33.8 Å². The lowest BCUT2D eigenvalue weighted by molar-refractivity contribution is -0.958. The SMILES string of the molecule is C[N+](C)(CC[N+](C)(C)Cc1ccccc1)Cc1ccccc1.[Cl-].[Cl-]. The van der Waals surface area contributed by atoms with Crippen molar-refractivity contribution in [3.63, 3.8) is 0 Å². The monoisotopic (exact) mass is 368 g/mol. The van der Waals surface area contributed by atoms with Crippen molar-refractivity contribution in [1.29, 1.82) is 0 Å². The van der Waals surface area contributed by atoms with E-state index in [1.54, 1.807) is 0 Å². The fourth-order valence-electron chi connectivity index (χ4n) is 2.85. The second kappa shape index (κ2) is 10.0. The quantitative estimate of drug-likeness (QED) is 0.476. The maximum absolute atomic E-state index is 2.33. The molecular formula is C20H30Cl2N2. The van der Waals surface area contributed by atoms with Gasteiger partial charge in [0.05, 0.1) is 28.2 Å². The largest absolute Gasteiger partial charge is 1.00 e. The van der Waals surface area contributed by atoms with Gasteiger partial charge in [-0.15, -0.1) is 0 Å².